The SMILES string of the molecule is CC(C)C/C(=C\C(=O)O)C1C2CC3CC(C2)CC1C3. The number of aliphatic carboxylic acids is 1. The summed E-state index contributed by atoms with van der Waals surface area (Å²) in [5, 5.41) is 9.18. The van der Waals surface area contributed by atoms with Gasteiger partial charge in [-0.2, -0.15) is 0 Å². The minimum atomic E-state index is -0.746. The summed E-state index contributed by atoms with van der Waals surface area (Å²) in [6, 6.07) is 0. The van der Waals surface area contributed by atoms with Gasteiger partial charge in [0.15, 0.2) is 0 Å². The molecule has 0 aromatic rings. The first-order chi connectivity index (χ1) is 9.02. The molecule has 0 heterocycles. The fourth-order valence-electron chi connectivity index (χ4n) is 5.45. The summed E-state index contributed by atoms with van der Waals surface area (Å²) < 4.78 is 0. The van der Waals surface area contributed by atoms with Crippen molar-refractivity contribution in [1.82, 2.24) is 0 Å². The topological polar surface area (TPSA) is 37.3 Å². The molecule has 4 bridgehead atoms. The zero-order valence-electron chi connectivity index (χ0n) is 12.1. The summed E-state index contributed by atoms with van der Waals surface area (Å²) in [5.41, 5.74) is 1.25. The molecule has 2 heteroatoms. The molecule has 0 unspecified atom stereocenters. The second-order valence-electron chi connectivity index (χ2n) is 7.61. The Morgan fingerprint density at radius 1 is 1.11 bits per heavy atom. The molecule has 4 fully saturated rings. The Bertz CT molecular complexity index is 366. The standard InChI is InChI=1S/C17H26O2/c1-10(2)3-13(9-16(18)19)17-14-5-11-4-12(7-14)8-15(17)6-11/h9-12,14-15,17H,3-8H2,1-2H3,(H,18,19)/b13-9+. The highest BCUT2D eigenvalue weighted by Crippen LogP contribution is 2.58. The highest BCUT2D eigenvalue weighted by atomic mass is 16.4. The summed E-state index contributed by atoms with van der Waals surface area (Å²) in [4.78, 5) is 11.2. The first kappa shape index (κ1) is 13.2. The lowest BCUT2D eigenvalue weighted by Crippen LogP contribution is -2.45. The second-order valence-corrected chi connectivity index (χ2v) is 7.61. The Morgan fingerprint density at radius 3 is 2.05 bits per heavy atom. The largest absolute Gasteiger partial charge is 0.478 e. The third kappa shape index (κ3) is 2.59. The molecule has 1 N–H and O–H groups in total. The van der Waals surface area contributed by atoms with Gasteiger partial charge in [-0.25, -0.2) is 4.79 Å². The van der Waals surface area contributed by atoms with Crippen LogP contribution in [0.2, 0.25) is 0 Å². The Morgan fingerprint density at radius 2 is 1.63 bits per heavy atom. The highest BCUT2D eigenvalue weighted by molar-refractivity contribution is 5.80. The van der Waals surface area contributed by atoms with Crippen molar-refractivity contribution < 1.29 is 9.90 Å². The molecule has 2 nitrogen and oxygen atoms in total. The van der Waals surface area contributed by atoms with Crippen LogP contribution >= 0.6 is 0 Å². The maximum absolute atomic E-state index is 11.2. The van der Waals surface area contributed by atoms with Crippen LogP contribution in [0.15, 0.2) is 11.6 Å². The molecule has 0 aromatic carbocycles. The van der Waals surface area contributed by atoms with Gasteiger partial charge in [0.1, 0.15) is 0 Å². The zero-order valence-corrected chi connectivity index (χ0v) is 12.1. The molecule has 4 aliphatic rings. The Balaban J connectivity index is 1.84. The van der Waals surface area contributed by atoms with Crippen molar-refractivity contribution in [2.75, 3.05) is 0 Å². The van der Waals surface area contributed by atoms with Gasteiger partial charge in [0, 0.05) is 6.08 Å². The number of carbonyl (C=O) groups is 1. The summed E-state index contributed by atoms with van der Waals surface area (Å²) in [7, 11) is 0. The van der Waals surface area contributed by atoms with Gasteiger partial charge >= 0.3 is 5.97 Å². The van der Waals surface area contributed by atoms with Crippen LogP contribution < -0.4 is 0 Å². The highest BCUT2D eigenvalue weighted by Gasteiger charge is 2.49. The third-order valence-corrected chi connectivity index (χ3v) is 5.61. The lowest BCUT2D eigenvalue weighted by atomic mass is 9.50. The smallest absolute Gasteiger partial charge is 0.328 e. The first-order valence-electron chi connectivity index (χ1n) is 7.96. The normalized spacial score (nSPS) is 41.0. The van der Waals surface area contributed by atoms with Crippen LogP contribution in [0.25, 0.3) is 0 Å². The number of allylic oxidation sites excluding steroid dienone is 1. The number of carboxylic acids is 1. The molecule has 0 radical (unpaired) electrons. The van der Waals surface area contributed by atoms with Crippen LogP contribution in [0.1, 0.15) is 52.4 Å². The van der Waals surface area contributed by atoms with Gasteiger partial charge < -0.3 is 5.11 Å². The van der Waals surface area contributed by atoms with Crippen molar-refractivity contribution >= 4 is 5.97 Å². The Labute approximate surface area is 116 Å². The lowest BCUT2D eigenvalue weighted by Gasteiger charge is -2.55. The van der Waals surface area contributed by atoms with E-state index in [-0.39, 0.29) is 0 Å². The number of hydrogen-bond donors (Lipinski definition) is 1. The summed E-state index contributed by atoms with van der Waals surface area (Å²) >= 11 is 0. The van der Waals surface area contributed by atoms with E-state index in [2.05, 4.69) is 13.8 Å². The average Bonchev–Trinajstić information content (AvgIpc) is 2.25. The Hall–Kier alpha value is -0.790. The Kier molecular flexibility index (Phi) is 3.44. The van der Waals surface area contributed by atoms with Crippen molar-refractivity contribution in [2.45, 2.75) is 52.4 Å². The van der Waals surface area contributed by atoms with Gasteiger partial charge in [0.25, 0.3) is 0 Å². The molecule has 0 amide bonds. The van der Waals surface area contributed by atoms with E-state index in [9.17, 15) is 9.90 Å². The molecular formula is C17H26O2. The number of carboxylic acid groups (broad SMARTS) is 1. The predicted molar refractivity (Wildman–Crippen MR) is 75.7 cm³/mol. The van der Waals surface area contributed by atoms with Gasteiger partial charge in [-0.05, 0) is 74.0 Å². The minimum absolute atomic E-state index is 0.558. The number of hydrogen-bond acceptors (Lipinski definition) is 1. The third-order valence-electron chi connectivity index (χ3n) is 5.61. The van der Waals surface area contributed by atoms with Crippen molar-refractivity contribution in [3.8, 4) is 0 Å². The van der Waals surface area contributed by atoms with Crippen molar-refractivity contribution in [1.29, 1.82) is 0 Å². The molecule has 0 atom stereocenters. The molecule has 106 valence electrons. The summed E-state index contributed by atoms with van der Waals surface area (Å²) in [6.07, 6.45) is 9.45. The molecule has 4 rings (SSSR count). The van der Waals surface area contributed by atoms with E-state index in [1.165, 1.54) is 37.7 Å². The van der Waals surface area contributed by atoms with E-state index in [1.54, 1.807) is 6.08 Å². The zero-order chi connectivity index (χ0) is 13.6. The van der Waals surface area contributed by atoms with E-state index in [0.717, 1.165) is 30.1 Å². The molecule has 4 aliphatic carbocycles. The molecule has 0 saturated heterocycles. The molecule has 0 aliphatic heterocycles. The molecule has 0 aromatic heterocycles. The van der Waals surface area contributed by atoms with Crippen LogP contribution in [-0.2, 0) is 4.79 Å². The van der Waals surface area contributed by atoms with E-state index in [1.807, 2.05) is 0 Å². The summed E-state index contributed by atoms with van der Waals surface area (Å²) in [6.45, 7) is 4.40. The van der Waals surface area contributed by atoms with Gasteiger partial charge in [0.2, 0.25) is 0 Å². The van der Waals surface area contributed by atoms with E-state index in [0.29, 0.717) is 11.8 Å². The van der Waals surface area contributed by atoms with Crippen LogP contribution in [0.5, 0.6) is 0 Å². The quantitative estimate of drug-likeness (QED) is 0.774. The number of rotatable bonds is 4. The van der Waals surface area contributed by atoms with Crippen LogP contribution in [0.3, 0.4) is 0 Å². The maximum Gasteiger partial charge on any atom is 0.328 e. The van der Waals surface area contributed by atoms with E-state index in [4.69, 9.17) is 0 Å². The van der Waals surface area contributed by atoms with Crippen LogP contribution in [0, 0.1) is 35.5 Å². The van der Waals surface area contributed by atoms with E-state index >= 15 is 0 Å². The van der Waals surface area contributed by atoms with Gasteiger partial charge in [-0.1, -0.05) is 19.4 Å². The van der Waals surface area contributed by atoms with Crippen molar-refractivity contribution in [3.05, 3.63) is 11.6 Å². The van der Waals surface area contributed by atoms with Gasteiger partial charge in [-0.3, -0.25) is 0 Å². The molecule has 19 heavy (non-hydrogen) atoms. The second kappa shape index (κ2) is 4.96. The fourth-order valence-corrected chi connectivity index (χ4v) is 5.45. The monoisotopic (exact) mass is 262 g/mol. The minimum Gasteiger partial charge on any atom is -0.478 e. The van der Waals surface area contributed by atoms with E-state index < -0.39 is 5.97 Å². The molecule has 4 saturated carbocycles. The predicted octanol–water partition coefficient (Wildman–Crippen LogP) is 4.12. The van der Waals surface area contributed by atoms with Crippen molar-refractivity contribution in [2.24, 2.45) is 35.5 Å². The van der Waals surface area contributed by atoms with Crippen molar-refractivity contribution in [3.63, 3.8) is 0 Å². The fraction of sp³-hybridized carbons (Fsp3) is 0.824. The molecular weight excluding hydrogens is 236 g/mol. The van der Waals surface area contributed by atoms with Gasteiger partial charge in [0.05, 0.1) is 0 Å². The maximum atomic E-state index is 11.2. The average molecular weight is 262 g/mol. The summed E-state index contributed by atoms with van der Waals surface area (Å²) in [5.74, 6) is 3.91. The van der Waals surface area contributed by atoms with Crippen LogP contribution in [-0.4, -0.2) is 11.1 Å². The first-order valence-corrected chi connectivity index (χ1v) is 7.96. The van der Waals surface area contributed by atoms with Crippen LogP contribution in [0.4, 0.5) is 0 Å². The van der Waals surface area contributed by atoms with Gasteiger partial charge in [-0.15, -0.1) is 0 Å². The molecule has 0 spiro atoms. The lowest BCUT2D eigenvalue weighted by molar-refractivity contribution is -0.131.